The molecule has 1 saturated carbocycles. The summed E-state index contributed by atoms with van der Waals surface area (Å²) < 4.78 is 30.8. The van der Waals surface area contributed by atoms with Gasteiger partial charge < -0.3 is 4.74 Å². The van der Waals surface area contributed by atoms with Crippen molar-refractivity contribution in [3.63, 3.8) is 0 Å². The van der Waals surface area contributed by atoms with E-state index in [1.807, 2.05) is 0 Å². The lowest BCUT2D eigenvalue weighted by molar-refractivity contribution is -0.386. The van der Waals surface area contributed by atoms with Gasteiger partial charge in [0.25, 0.3) is 0 Å². The van der Waals surface area contributed by atoms with Gasteiger partial charge in [-0.1, -0.05) is 12.5 Å². The van der Waals surface area contributed by atoms with Crippen LogP contribution in [-0.4, -0.2) is 25.7 Å². The Bertz CT molecular complexity index is 623. The predicted octanol–water partition coefficient (Wildman–Crippen LogP) is 2.68. The highest BCUT2D eigenvalue weighted by Crippen LogP contribution is 2.37. The monoisotopic (exact) mass is 314 g/mol. The Balaban J connectivity index is 2.35. The van der Waals surface area contributed by atoms with E-state index in [1.54, 1.807) is 0 Å². The van der Waals surface area contributed by atoms with Crippen molar-refractivity contribution < 1.29 is 18.1 Å². The van der Waals surface area contributed by atoms with Crippen molar-refractivity contribution in [1.29, 1.82) is 0 Å². The fourth-order valence-electron chi connectivity index (χ4n) is 2.42. The van der Waals surface area contributed by atoms with Gasteiger partial charge in [-0.15, -0.1) is 0 Å². The third kappa shape index (κ3) is 4.32. The van der Waals surface area contributed by atoms with E-state index in [0.29, 0.717) is 0 Å². The van der Waals surface area contributed by atoms with Crippen LogP contribution in [0, 0.1) is 10.1 Å². The molecule has 0 radical (unpaired) electrons. The zero-order valence-corrected chi connectivity index (χ0v) is 12.6. The molecule has 2 rings (SSSR count). The van der Waals surface area contributed by atoms with E-state index in [2.05, 4.69) is 4.72 Å². The van der Waals surface area contributed by atoms with Crippen LogP contribution < -0.4 is 9.46 Å². The molecule has 1 aliphatic rings. The molecule has 1 aliphatic carbocycles. The molecule has 1 fully saturated rings. The van der Waals surface area contributed by atoms with Crippen LogP contribution in [0.3, 0.4) is 0 Å². The summed E-state index contributed by atoms with van der Waals surface area (Å²) in [6.45, 7) is 0. The molecule has 0 unspecified atom stereocenters. The fraction of sp³-hybridized carbons (Fsp3) is 0.538. The van der Waals surface area contributed by atoms with E-state index >= 15 is 0 Å². The van der Waals surface area contributed by atoms with E-state index in [1.165, 1.54) is 18.2 Å². The van der Waals surface area contributed by atoms with E-state index in [0.717, 1.165) is 38.4 Å². The molecule has 0 amide bonds. The molecule has 0 aliphatic heterocycles. The highest BCUT2D eigenvalue weighted by molar-refractivity contribution is 7.92. The second-order valence-corrected chi connectivity index (χ2v) is 6.91. The zero-order chi connectivity index (χ0) is 15.5. The van der Waals surface area contributed by atoms with Crippen LogP contribution in [0.2, 0.25) is 0 Å². The number of anilines is 1. The molecule has 116 valence electrons. The summed E-state index contributed by atoms with van der Waals surface area (Å²) in [5.41, 5.74) is -0.119. The molecule has 0 atom stereocenters. The number of nitrogens with zero attached hydrogens (tertiary/aromatic N) is 1. The number of hydrogen-bond donors (Lipinski definition) is 1. The van der Waals surface area contributed by atoms with Crippen LogP contribution in [0.5, 0.6) is 5.75 Å². The van der Waals surface area contributed by atoms with E-state index in [-0.39, 0.29) is 23.2 Å². The van der Waals surface area contributed by atoms with Gasteiger partial charge in [0.15, 0.2) is 0 Å². The third-order valence-corrected chi connectivity index (χ3v) is 3.91. The first-order valence-corrected chi connectivity index (χ1v) is 8.68. The highest BCUT2D eigenvalue weighted by Gasteiger charge is 2.25. The molecule has 0 saturated heterocycles. The summed E-state index contributed by atoms with van der Waals surface area (Å²) in [4.78, 5) is 10.6. The average Bonchev–Trinajstić information content (AvgIpc) is 2.40. The summed E-state index contributed by atoms with van der Waals surface area (Å²) in [6.07, 6.45) is 5.69. The zero-order valence-electron chi connectivity index (χ0n) is 11.7. The van der Waals surface area contributed by atoms with Crippen molar-refractivity contribution in [1.82, 2.24) is 0 Å². The van der Waals surface area contributed by atoms with Crippen molar-refractivity contribution in [3.8, 4) is 5.75 Å². The van der Waals surface area contributed by atoms with Crippen molar-refractivity contribution >= 4 is 21.4 Å². The second kappa shape index (κ2) is 6.30. The van der Waals surface area contributed by atoms with Gasteiger partial charge in [-0.3, -0.25) is 14.8 Å². The number of benzene rings is 1. The van der Waals surface area contributed by atoms with Crippen LogP contribution in [0.1, 0.15) is 32.1 Å². The summed E-state index contributed by atoms with van der Waals surface area (Å²) >= 11 is 0. The fourth-order valence-corrected chi connectivity index (χ4v) is 2.98. The largest absolute Gasteiger partial charge is 0.482 e. The van der Waals surface area contributed by atoms with Crippen molar-refractivity contribution in [3.05, 3.63) is 28.3 Å². The molecule has 1 aromatic rings. The molecule has 21 heavy (non-hydrogen) atoms. The molecule has 0 spiro atoms. The standard InChI is InChI=1S/C13H18N2O5S/c1-21(18,19)14-11-8-5-9-12(15(16)17)13(11)20-10-6-3-2-4-7-10/h5,8-10,14H,2-4,6-7H2,1H3. The molecule has 1 aromatic carbocycles. The summed E-state index contributed by atoms with van der Waals surface area (Å²) in [5.74, 6) is -0.000162. The Morgan fingerprint density at radius 2 is 1.95 bits per heavy atom. The average molecular weight is 314 g/mol. The van der Waals surface area contributed by atoms with Crippen molar-refractivity contribution in [2.45, 2.75) is 38.2 Å². The van der Waals surface area contributed by atoms with Gasteiger partial charge >= 0.3 is 5.69 Å². The number of hydrogen-bond acceptors (Lipinski definition) is 5. The minimum absolute atomic E-state index is 0.000162. The van der Waals surface area contributed by atoms with Crippen LogP contribution >= 0.6 is 0 Å². The first-order valence-electron chi connectivity index (χ1n) is 6.78. The predicted molar refractivity (Wildman–Crippen MR) is 79.1 cm³/mol. The quantitative estimate of drug-likeness (QED) is 0.665. The lowest BCUT2D eigenvalue weighted by Gasteiger charge is -2.24. The van der Waals surface area contributed by atoms with Crippen LogP contribution in [0.4, 0.5) is 11.4 Å². The Morgan fingerprint density at radius 3 is 2.52 bits per heavy atom. The summed E-state index contributed by atoms with van der Waals surface area (Å²) in [7, 11) is -3.54. The Kier molecular flexibility index (Phi) is 4.66. The van der Waals surface area contributed by atoms with E-state index < -0.39 is 14.9 Å². The molecular weight excluding hydrogens is 296 g/mol. The maximum absolute atomic E-state index is 11.4. The highest BCUT2D eigenvalue weighted by atomic mass is 32.2. The molecule has 7 nitrogen and oxygen atoms in total. The van der Waals surface area contributed by atoms with Gasteiger partial charge in [0, 0.05) is 6.07 Å². The molecule has 0 aromatic heterocycles. The van der Waals surface area contributed by atoms with Crippen molar-refractivity contribution in [2.75, 3.05) is 11.0 Å². The molecule has 0 bridgehead atoms. The van der Waals surface area contributed by atoms with Gasteiger partial charge in [-0.05, 0) is 31.7 Å². The lowest BCUT2D eigenvalue weighted by Crippen LogP contribution is -2.21. The van der Waals surface area contributed by atoms with E-state index in [4.69, 9.17) is 4.74 Å². The van der Waals surface area contributed by atoms with Gasteiger partial charge in [0.1, 0.15) is 0 Å². The Morgan fingerprint density at radius 1 is 1.29 bits per heavy atom. The van der Waals surface area contributed by atoms with Gasteiger partial charge in [-0.25, -0.2) is 8.42 Å². The SMILES string of the molecule is CS(=O)(=O)Nc1cccc([N+](=O)[O-])c1OC1CCCCC1. The number of para-hydroxylation sites is 1. The normalized spacial score (nSPS) is 16.4. The maximum Gasteiger partial charge on any atom is 0.313 e. The number of nitrogens with one attached hydrogen (secondary N) is 1. The topological polar surface area (TPSA) is 98.5 Å². The number of sulfonamides is 1. The molecule has 8 heteroatoms. The van der Waals surface area contributed by atoms with Crippen molar-refractivity contribution in [2.24, 2.45) is 0 Å². The van der Waals surface area contributed by atoms with Crippen LogP contribution in [0.25, 0.3) is 0 Å². The maximum atomic E-state index is 11.4. The number of ether oxygens (including phenoxy) is 1. The first kappa shape index (κ1) is 15.6. The third-order valence-electron chi connectivity index (χ3n) is 3.32. The number of nitro groups is 1. The first-order chi connectivity index (χ1) is 9.87. The molecular formula is C13H18N2O5S. The second-order valence-electron chi connectivity index (χ2n) is 5.16. The minimum atomic E-state index is -3.54. The summed E-state index contributed by atoms with van der Waals surface area (Å²) in [6, 6.07) is 4.21. The number of rotatable bonds is 5. The van der Waals surface area contributed by atoms with Gasteiger partial charge in [0.2, 0.25) is 15.8 Å². The van der Waals surface area contributed by atoms with E-state index in [9.17, 15) is 18.5 Å². The smallest absolute Gasteiger partial charge is 0.313 e. The van der Waals surface area contributed by atoms with Gasteiger partial charge in [-0.2, -0.15) is 0 Å². The molecule has 0 heterocycles. The summed E-state index contributed by atoms with van der Waals surface area (Å²) in [5, 5.41) is 11.1. The van der Waals surface area contributed by atoms with Crippen LogP contribution in [-0.2, 0) is 10.0 Å². The molecule has 1 N–H and O–H groups in total. The Labute approximate surface area is 123 Å². The minimum Gasteiger partial charge on any atom is -0.482 e. The lowest BCUT2D eigenvalue weighted by atomic mass is 9.98. The Hall–Kier alpha value is -1.83. The number of nitro benzene ring substituents is 1. The van der Waals surface area contributed by atoms with Crippen LogP contribution in [0.15, 0.2) is 18.2 Å². The van der Waals surface area contributed by atoms with Gasteiger partial charge in [0.05, 0.1) is 23.0 Å².